The number of hydrogen-bond acceptors (Lipinski definition) is 5. The molecule has 1 aliphatic heterocycles. The minimum absolute atomic E-state index is 0.000770. The minimum atomic E-state index is -0.0307. The van der Waals surface area contributed by atoms with E-state index in [0.717, 1.165) is 62.1 Å². The number of carbonyl (C=O) groups excluding carboxylic acids is 2. The molecule has 0 radical (unpaired) electrons. The van der Waals surface area contributed by atoms with Crippen molar-refractivity contribution in [3.8, 4) is 0 Å². The first kappa shape index (κ1) is 27.6. The zero-order chi connectivity index (χ0) is 27.1. The molecule has 3 heterocycles. The average Bonchev–Trinajstić information content (AvgIpc) is 3.04. The maximum absolute atomic E-state index is 13.0. The lowest BCUT2D eigenvalue weighted by molar-refractivity contribution is -0.125. The first-order chi connectivity index (χ1) is 17.2. The number of pyridine rings is 1. The Balaban J connectivity index is 1.46. The predicted octanol–water partition coefficient (Wildman–Crippen LogP) is 3.86. The van der Waals surface area contributed by atoms with Crippen LogP contribution in [-0.2, 0) is 23.2 Å². The molecule has 1 amide bonds. The Hall–Kier alpha value is -2.48. The van der Waals surface area contributed by atoms with Crippen LogP contribution in [0, 0.1) is 16.7 Å². The first-order valence-corrected chi connectivity index (χ1v) is 13.8. The van der Waals surface area contributed by atoms with E-state index in [1.165, 1.54) is 0 Å². The number of aromatic nitrogens is 3. The predicted molar refractivity (Wildman–Crippen MR) is 147 cm³/mol. The summed E-state index contributed by atoms with van der Waals surface area (Å²) >= 11 is 0. The van der Waals surface area contributed by atoms with Crippen molar-refractivity contribution in [2.75, 3.05) is 19.6 Å². The summed E-state index contributed by atoms with van der Waals surface area (Å²) in [6.07, 6.45) is 4.52. The van der Waals surface area contributed by atoms with Gasteiger partial charge in [-0.25, -0.2) is 9.78 Å². The summed E-state index contributed by atoms with van der Waals surface area (Å²) in [5, 5.41) is 3.34. The zero-order valence-corrected chi connectivity index (χ0v) is 23.8. The van der Waals surface area contributed by atoms with Crippen LogP contribution in [0.1, 0.15) is 85.3 Å². The van der Waals surface area contributed by atoms with Crippen molar-refractivity contribution < 1.29 is 9.59 Å². The smallest absolute Gasteiger partial charge is 0.330 e. The number of carbonyl (C=O) groups is 2. The lowest BCUT2D eigenvalue weighted by atomic mass is 9.68. The van der Waals surface area contributed by atoms with Crippen molar-refractivity contribution in [3.63, 3.8) is 0 Å². The Morgan fingerprint density at radius 3 is 2.43 bits per heavy atom. The van der Waals surface area contributed by atoms with E-state index in [2.05, 4.69) is 50.9 Å². The molecule has 0 bridgehead atoms. The van der Waals surface area contributed by atoms with Crippen molar-refractivity contribution in [2.45, 2.75) is 92.2 Å². The monoisotopic (exact) mass is 511 g/mol. The summed E-state index contributed by atoms with van der Waals surface area (Å²) in [5.41, 5.74) is 2.56. The van der Waals surface area contributed by atoms with E-state index in [9.17, 15) is 14.4 Å². The van der Waals surface area contributed by atoms with E-state index < -0.39 is 0 Å². The van der Waals surface area contributed by atoms with Crippen molar-refractivity contribution in [1.29, 1.82) is 0 Å². The Kier molecular flexibility index (Phi) is 7.71. The number of Topliss-reactive ketones (excluding diaryl/α,β-unsaturated/α-hetero) is 1. The molecule has 2 unspecified atom stereocenters. The highest BCUT2D eigenvalue weighted by Crippen LogP contribution is 2.42. The molecule has 1 saturated carbocycles. The maximum atomic E-state index is 13.0. The fourth-order valence-corrected chi connectivity index (χ4v) is 6.05. The largest absolute Gasteiger partial charge is 0.352 e. The molecule has 204 valence electrons. The van der Waals surface area contributed by atoms with E-state index in [1.807, 2.05) is 10.6 Å². The first-order valence-electron chi connectivity index (χ1n) is 13.8. The molecule has 2 aromatic heterocycles. The van der Waals surface area contributed by atoms with Crippen LogP contribution in [-0.4, -0.2) is 56.4 Å². The van der Waals surface area contributed by atoms with Gasteiger partial charge in [0.2, 0.25) is 5.91 Å². The van der Waals surface area contributed by atoms with Gasteiger partial charge in [0.1, 0.15) is 5.78 Å². The minimum Gasteiger partial charge on any atom is -0.352 e. The summed E-state index contributed by atoms with van der Waals surface area (Å²) in [7, 11) is 1.80. The van der Waals surface area contributed by atoms with Gasteiger partial charge in [-0.1, -0.05) is 34.6 Å². The molecule has 37 heavy (non-hydrogen) atoms. The molecule has 2 aliphatic rings. The third-order valence-electron chi connectivity index (χ3n) is 8.52. The number of likely N-dealkylation sites (tertiary alicyclic amines) is 1. The Bertz CT molecular complexity index is 1210. The van der Waals surface area contributed by atoms with Crippen LogP contribution < -0.4 is 11.0 Å². The van der Waals surface area contributed by atoms with E-state index in [0.29, 0.717) is 13.1 Å². The lowest BCUT2D eigenvalue weighted by Crippen LogP contribution is -2.51. The molecule has 1 saturated heterocycles. The number of hydrogen-bond donors (Lipinski definition) is 1. The summed E-state index contributed by atoms with van der Waals surface area (Å²) < 4.78 is 3.49. The molecule has 0 spiro atoms. The van der Waals surface area contributed by atoms with Crippen LogP contribution in [0.5, 0.6) is 0 Å². The number of imidazole rings is 1. The second kappa shape index (κ2) is 10.4. The van der Waals surface area contributed by atoms with E-state index in [-0.39, 0.29) is 46.1 Å². The number of nitrogens with one attached hydrogen (secondary N) is 1. The van der Waals surface area contributed by atoms with Gasteiger partial charge in [0, 0.05) is 37.2 Å². The summed E-state index contributed by atoms with van der Waals surface area (Å²) in [5.74, 6) is 0.698. The van der Waals surface area contributed by atoms with Gasteiger partial charge in [0.25, 0.3) is 0 Å². The number of rotatable bonds is 6. The van der Waals surface area contributed by atoms with Gasteiger partial charge >= 0.3 is 5.69 Å². The molecule has 8 nitrogen and oxygen atoms in total. The quantitative estimate of drug-likeness (QED) is 0.636. The number of ketones is 1. The standard InChI is InChI=1S/C29H45N5O3/c1-19(35)20-11-14-33(15-12-20)17-25(36)31-24-16-21(10-13-29(24,5)6)22-8-9-23-26(30-22)32(7)27(37)34(23)18-28(2,3)4/h8-9,20-21,24H,10-18H2,1-7H3,(H,31,36). The fourth-order valence-electron chi connectivity index (χ4n) is 6.05. The highest BCUT2D eigenvalue weighted by molar-refractivity contribution is 5.79. The molecule has 2 fully saturated rings. The number of piperidine rings is 1. The molecule has 8 heteroatoms. The lowest BCUT2D eigenvalue weighted by Gasteiger charge is -2.42. The van der Waals surface area contributed by atoms with Gasteiger partial charge < -0.3 is 5.32 Å². The topological polar surface area (TPSA) is 89.2 Å². The van der Waals surface area contributed by atoms with Crippen molar-refractivity contribution in [2.24, 2.45) is 23.8 Å². The summed E-state index contributed by atoms with van der Waals surface area (Å²) in [6, 6.07) is 4.17. The van der Waals surface area contributed by atoms with Crippen LogP contribution in [0.3, 0.4) is 0 Å². The Labute approximate surface area is 220 Å². The van der Waals surface area contributed by atoms with Gasteiger partial charge in [-0.05, 0) is 75.1 Å². The highest BCUT2D eigenvalue weighted by atomic mass is 16.2. The molecular formula is C29H45N5O3. The van der Waals surface area contributed by atoms with E-state index in [4.69, 9.17) is 4.98 Å². The van der Waals surface area contributed by atoms with Gasteiger partial charge in [-0.15, -0.1) is 0 Å². The molecule has 0 aromatic carbocycles. The molecule has 1 N–H and O–H groups in total. The van der Waals surface area contributed by atoms with Crippen LogP contribution >= 0.6 is 0 Å². The van der Waals surface area contributed by atoms with Gasteiger partial charge in [0.15, 0.2) is 5.65 Å². The normalized spacial score (nSPS) is 23.3. The number of fused-ring (bicyclic) bond motifs is 1. The third kappa shape index (κ3) is 6.16. The zero-order valence-electron chi connectivity index (χ0n) is 23.8. The van der Waals surface area contributed by atoms with Gasteiger partial charge in [-0.2, -0.15) is 0 Å². The van der Waals surface area contributed by atoms with Crippen molar-refractivity contribution in [3.05, 3.63) is 28.3 Å². The third-order valence-corrected chi connectivity index (χ3v) is 8.52. The van der Waals surface area contributed by atoms with Crippen LogP contribution in [0.2, 0.25) is 0 Å². The molecule has 2 aromatic rings. The van der Waals surface area contributed by atoms with E-state index >= 15 is 0 Å². The fraction of sp³-hybridized carbons (Fsp3) is 0.724. The SMILES string of the molecule is CC(=O)C1CCN(CC(=O)NC2CC(c3ccc4c(n3)n(C)c(=O)n4CC(C)(C)C)CCC2(C)C)CC1. The van der Waals surface area contributed by atoms with Gasteiger partial charge in [0.05, 0.1) is 12.1 Å². The molecular weight excluding hydrogens is 466 g/mol. The van der Waals surface area contributed by atoms with Crippen molar-refractivity contribution >= 4 is 22.9 Å². The average molecular weight is 512 g/mol. The van der Waals surface area contributed by atoms with Crippen LogP contribution in [0.25, 0.3) is 11.2 Å². The summed E-state index contributed by atoms with van der Waals surface area (Å²) in [4.78, 5) is 44.8. The Morgan fingerprint density at radius 1 is 1.14 bits per heavy atom. The van der Waals surface area contributed by atoms with Crippen LogP contribution in [0.4, 0.5) is 0 Å². The summed E-state index contributed by atoms with van der Waals surface area (Å²) in [6.45, 7) is 15.2. The van der Waals surface area contributed by atoms with Gasteiger partial charge in [-0.3, -0.25) is 23.6 Å². The van der Waals surface area contributed by atoms with E-state index in [1.54, 1.807) is 18.5 Å². The van der Waals surface area contributed by atoms with Crippen molar-refractivity contribution in [1.82, 2.24) is 24.3 Å². The van der Waals surface area contributed by atoms with Crippen LogP contribution in [0.15, 0.2) is 16.9 Å². The number of nitrogens with zero attached hydrogens (tertiary/aromatic N) is 4. The molecule has 4 rings (SSSR count). The molecule has 1 aliphatic carbocycles. The number of amides is 1. The molecule has 2 atom stereocenters. The second-order valence-electron chi connectivity index (χ2n) is 13.3. The second-order valence-corrected chi connectivity index (χ2v) is 13.3. The number of aryl methyl sites for hydroxylation is 1. The maximum Gasteiger partial charge on any atom is 0.330 e. The highest BCUT2D eigenvalue weighted by Gasteiger charge is 2.38. The Morgan fingerprint density at radius 2 is 1.81 bits per heavy atom.